The maximum absolute atomic E-state index is 11.7. The second-order valence-electron chi connectivity index (χ2n) is 6.09. The van der Waals surface area contributed by atoms with Crippen LogP contribution >= 0.6 is 0 Å². The number of amides is 3. The summed E-state index contributed by atoms with van der Waals surface area (Å²) in [6, 6.07) is 2.50. The minimum absolute atomic E-state index is 0.0764. The molecule has 0 spiro atoms. The van der Waals surface area contributed by atoms with Crippen LogP contribution in [0.3, 0.4) is 0 Å². The third kappa shape index (κ3) is 9.08. The molecule has 4 N–H and O–H groups in total. The van der Waals surface area contributed by atoms with Gasteiger partial charge in [-0.25, -0.2) is 9.89 Å². The molecule has 3 amide bonds. The first kappa shape index (κ1) is 20.1. The van der Waals surface area contributed by atoms with E-state index in [1.165, 1.54) is 12.1 Å². The quantitative estimate of drug-likeness (QED) is 0.488. The highest BCUT2D eigenvalue weighted by atomic mass is 16.6. The van der Waals surface area contributed by atoms with Crippen molar-refractivity contribution >= 4 is 17.9 Å². The number of aromatic amines is 1. The van der Waals surface area contributed by atoms with Crippen LogP contribution in [0.2, 0.25) is 0 Å². The van der Waals surface area contributed by atoms with Gasteiger partial charge in [0.15, 0.2) is 0 Å². The molecule has 0 aliphatic heterocycles. The summed E-state index contributed by atoms with van der Waals surface area (Å²) in [5.41, 5.74) is -0.915. The number of hydrogen-bond acceptors (Lipinski definition) is 6. The van der Waals surface area contributed by atoms with Crippen LogP contribution in [0.15, 0.2) is 16.9 Å². The summed E-state index contributed by atoms with van der Waals surface area (Å²) in [5, 5.41) is 13.4. The van der Waals surface area contributed by atoms with E-state index in [4.69, 9.17) is 4.74 Å². The van der Waals surface area contributed by atoms with Crippen LogP contribution in [0.4, 0.5) is 4.79 Å². The van der Waals surface area contributed by atoms with Crippen molar-refractivity contribution in [1.82, 2.24) is 26.1 Å². The molecule has 0 aromatic carbocycles. The fraction of sp³-hybridized carbons (Fsp3) is 0.533. The second kappa shape index (κ2) is 9.40. The number of ether oxygens (including phenoxy) is 1. The summed E-state index contributed by atoms with van der Waals surface area (Å²) in [4.78, 5) is 45.5. The van der Waals surface area contributed by atoms with Crippen molar-refractivity contribution in [2.75, 3.05) is 19.6 Å². The molecule has 25 heavy (non-hydrogen) atoms. The Bertz CT molecular complexity index is 645. The van der Waals surface area contributed by atoms with Crippen LogP contribution in [0.25, 0.3) is 0 Å². The van der Waals surface area contributed by atoms with Crippen molar-refractivity contribution in [1.29, 1.82) is 0 Å². The van der Waals surface area contributed by atoms with E-state index in [1.54, 1.807) is 20.8 Å². The van der Waals surface area contributed by atoms with E-state index in [1.807, 2.05) is 0 Å². The molecule has 0 atom stereocenters. The number of alkyl carbamates (subject to hydrolysis) is 1. The zero-order chi connectivity index (χ0) is 18.9. The Morgan fingerprint density at radius 2 is 1.76 bits per heavy atom. The zero-order valence-electron chi connectivity index (χ0n) is 14.5. The lowest BCUT2D eigenvalue weighted by Gasteiger charge is -2.19. The number of carbonyl (C=O) groups excluding carboxylic acids is 3. The summed E-state index contributed by atoms with van der Waals surface area (Å²) < 4.78 is 5.04. The van der Waals surface area contributed by atoms with Crippen LogP contribution < -0.4 is 21.5 Å². The molecule has 0 unspecified atom stereocenters. The Morgan fingerprint density at radius 1 is 1.08 bits per heavy atom. The van der Waals surface area contributed by atoms with Gasteiger partial charge in [-0.1, -0.05) is 0 Å². The SMILES string of the molecule is CC(C)(C)OC(=O)NCCC(=O)NCCNC(=O)c1ccc(=O)[nH]n1. The van der Waals surface area contributed by atoms with E-state index in [0.29, 0.717) is 0 Å². The Morgan fingerprint density at radius 3 is 2.36 bits per heavy atom. The lowest BCUT2D eigenvalue weighted by atomic mass is 10.2. The van der Waals surface area contributed by atoms with E-state index in [-0.39, 0.29) is 37.7 Å². The Hall–Kier alpha value is -2.91. The number of H-pyrrole nitrogens is 1. The molecule has 0 radical (unpaired) electrons. The normalized spacial score (nSPS) is 10.7. The van der Waals surface area contributed by atoms with Gasteiger partial charge in [0.2, 0.25) is 5.91 Å². The number of hydrogen-bond donors (Lipinski definition) is 4. The summed E-state index contributed by atoms with van der Waals surface area (Å²) >= 11 is 0. The molecule has 138 valence electrons. The number of nitrogens with zero attached hydrogens (tertiary/aromatic N) is 1. The highest BCUT2D eigenvalue weighted by molar-refractivity contribution is 5.92. The maximum atomic E-state index is 11.7. The van der Waals surface area contributed by atoms with E-state index in [0.717, 1.165) is 0 Å². The molecule has 1 rings (SSSR count). The van der Waals surface area contributed by atoms with Gasteiger partial charge in [-0.15, -0.1) is 0 Å². The first-order valence-electron chi connectivity index (χ1n) is 7.75. The molecule has 0 aliphatic carbocycles. The van der Waals surface area contributed by atoms with Gasteiger partial charge >= 0.3 is 6.09 Å². The van der Waals surface area contributed by atoms with Crippen LogP contribution in [0.5, 0.6) is 0 Å². The highest BCUT2D eigenvalue weighted by Crippen LogP contribution is 2.06. The van der Waals surface area contributed by atoms with Gasteiger partial charge in [-0.2, -0.15) is 5.10 Å². The molecular weight excluding hydrogens is 330 g/mol. The molecule has 10 nitrogen and oxygen atoms in total. The van der Waals surface area contributed by atoms with Gasteiger partial charge in [0, 0.05) is 32.1 Å². The monoisotopic (exact) mass is 353 g/mol. The zero-order valence-corrected chi connectivity index (χ0v) is 14.5. The largest absolute Gasteiger partial charge is 0.444 e. The fourth-order valence-corrected chi connectivity index (χ4v) is 1.62. The van der Waals surface area contributed by atoms with Crippen molar-refractivity contribution in [3.63, 3.8) is 0 Å². The summed E-state index contributed by atoms with van der Waals surface area (Å²) in [7, 11) is 0. The third-order valence-electron chi connectivity index (χ3n) is 2.66. The van der Waals surface area contributed by atoms with Crippen molar-refractivity contribution in [3.05, 3.63) is 28.2 Å². The summed E-state index contributed by atoms with van der Waals surface area (Å²) in [6.07, 6.45) is -0.491. The molecule has 0 aliphatic rings. The molecule has 1 aromatic rings. The van der Waals surface area contributed by atoms with Crippen molar-refractivity contribution < 1.29 is 19.1 Å². The van der Waals surface area contributed by atoms with Gasteiger partial charge in [0.05, 0.1) is 0 Å². The van der Waals surface area contributed by atoms with E-state index < -0.39 is 23.2 Å². The average Bonchev–Trinajstić information content (AvgIpc) is 2.50. The van der Waals surface area contributed by atoms with Gasteiger partial charge in [0.1, 0.15) is 11.3 Å². The summed E-state index contributed by atoms with van der Waals surface area (Å²) in [6.45, 7) is 5.81. The Balaban J connectivity index is 2.14. The van der Waals surface area contributed by atoms with E-state index in [2.05, 4.69) is 26.1 Å². The first-order chi connectivity index (χ1) is 11.7. The van der Waals surface area contributed by atoms with Crippen LogP contribution in [0.1, 0.15) is 37.7 Å². The Kier molecular flexibility index (Phi) is 7.57. The third-order valence-corrected chi connectivity index (χ3v) is 2.66. The van der Waals surface area contributed by atoms with Crippen LogP contribution in [-0.4, -0.2) is 53.3 Å². The van der Waals surface area contributed by atoms with Gasteiger partial charge < -0.3 is 20.7 Å². The second-order valence-corrected chi connectivity index (χ2v) is 6.09. The standard InChI is InChI=1S/C15H23N5O5/c1-15(2,3)25-14(24)18-7-6-11(21)16-8-9-17-13(23)10-4-5-12(22)20-19-10/h4-5H,6-9H2,1-3H3,(H,16,21)(H,17,23)(H,18,24)(H,20,22). The van der Waals surface area contributed by atoms with E-state index in [9.17, 15) is 19.2 Å². The molecule has 1 heterocycles. The smallest absolute Gasteiger partial charge is 0.407 e. The maximum Gasteiger partial charge on any atom is 0.407 e. The number of rotatable bonds is 7. The number of nitrogens with one attached hydrogen (secondary N) is 4. The van der Waals surface area contributed by atoms with E-state index >= 15 is 0 Å². The van der Waals surface area contributed by atoms with Crippen LogP contribution in [-0.2, 0) is 9.53 Å². The molecular formula is C15H23N5O5. The molecule has 0 bridgehead atoms. The van der Waals surface area contributed by atoms with Crippen molar-refractivity contribution in [2.24, 2.45) is 0 Å². The molecule has 10 heteroatoms. The van der Waals surface area contributed by atoms with Gasteiger partial charge in [-0.3, -0.25) is 14.4 Å². The molecule has 1 aromatic heterocycles. The number of carbonyl (C=O) groups is 3. The van der Waals surface area contributed by atoms with Crippen molar-refractivity contribution in [3.8, 4) is 0 Å². The Labute approximate surface area is 144 Å². The predicted octanol–water partition coefficient (Wildman–Crippen LogP) is -0.469. The predicted molar refractivity (Wildman–Crippen MR) is 89.1 cm³/mol. The molecule has 0 saturated carbocycles. The minimum atomic E-state index is -0.592. The van der Waals surface area contributed by atoms with Gasteiger partial charge in [0.25, 0.3) is 11.5 Å². The summed E-state index contributed by atoms with van der Waals surface area (Å²) in [5.74, 6) is -0.732. The lowest BCUT2D eigenvalue weighted by molar-refractivity contribution is -0.120. The molecule has 0 fully saturated rings. The van der Waals surface area contributed by atoms with Crippen LogP contribution in [0, 0.1) is 0 Å². The minimum Gasteiger partial charge on any atom is -0.444 e. The number of aromatic nitrogens is 2. The topological polar surface area (TPSA) is 142 Å². The average molecular weight is 353 g/mol. The lowest BCUT2D eigenvalue weighted by Crippen LogP contribution is -2.37. The molecule has 0 saturated heterocycles. The van der Waals surface area contributed by atoms with Crippen molar-refractivity contribution in [2.45, 2.75) is 32.8 Å². The fourth-order valence-electron chi connectivity index (χ4n) is 1.62. The highest BCUT2D eigenvalue weighted by Gasteiger charge is 2.15. The first-order valence-corrected chi connectivity index (χ1v) is 7.75. The van der Waals surface area contributed by atoms with Gasteiger partial charge in [-0.05, 0) is 26.8 Å².